The fourth-order valence-corrected chi connectivity index (χ4v) is 2.18. The number of aromatic nitrogens is 1. The standard InChI is InChI=1S/C14H16N2O2S/c1-9-4-6-12(7-5-9)18-11(3)13(17)16-14-15-10(2)8-19-14/h4-8,11H,1-3H3,(H,15,16,17)/t11-/m0/s1. The number of nitrogens with one attached hydrogen (secondary N) is 1. The van der Waals surface area contributed by atoms with Gasteiger partial charge in [-0.05, 0) is 32.9 Å². The number of nitrogens with zero attached hydrogens (tertiary/aromatic N) is 1. The minimum absolute atomic E-state index is 0.199. The van der Waals surface area contributed by atoms with Crippen LogP contribution in [-0.4, -0.2) is 17.0 Å². The van der Waals surface area contributed by atoms with Crippen molar-refractivity contribution in [1.29, 1.82) is 0 Å². The second-order valence-electron chi connectivity index (χ2n) is 4.36. The van der Waals surface area contributed by atoms with E-state index in [0.717, 1.165) is 11.3 Å². The van der Waals surface area contributed by atoms with Gasteiger partial charge < -0.3 is 4.74 Å². The maximum absolute atomic E-state index is 11.9. The predicted octanol–water partition coefficient (Wildman–Crippen LogP) is 3.17. The molecule has 1 heterocycles. The molecule has 0 aliphatic carbocycles. The molecule has 0 bridgehead atoms. The lowest BCUT2D eigenvalue weighted by Crippen LogP contribution is -2.30. The van der Waals surface area contributed by atoms with Gasteiger partial charge in [-0.15, -0.1) is 11.3 Å². The highest BCUT2D eigenvalue weighted by atomic mass is 32.1. The van der Waals surface area contributed by atoms with Gasteiger partial charge in [-0.1, -0.05) is 17.7 Å². The number of amides is 1. The molecule has 0 aliphatic heterocycles. The summed E-state index contributed by atoms with van der Waals surface area (Å²) in [5.74, 6) is 0.485. The second kappa shape index (κ2) is 5.84. The Hall–Kier alpha value is -1.88. The monoisotopic (exact) mass is 276 g/mol. The molecule has 19 heavy (non-hydrogen) atoms. The highest BCUT2D eigenvalue weighted by molar-refractivity contribution is 7.13. The summed E-state index contributed by atoms with van der Waals surface area (Å²) in [4.78, 5) is 16.1. The van der Waals surface area contributed by atoms with E-state index in [9.17, 15) is 4.79 Å². The van der Waals surface area contributed by atoms with Gasteiger partial charge in [0, 0.05) is 5.38 Å². The zero-order valence-electron chi connectivity index (χ0n) is 11.1. The third-order valence-electron chi connectivity index (χ3n) is 2.55. The summed E-state index contributed by atoms with van der Waals surface area (Å²) >= 11 is 1.40. The van der Waals surface area contributed by atoms with E-state index in [2.05, 4.69) is 10.3 Å². The molecular formula is C14H16N2O2S. The molecule has 2 aromatic rings. The maximum atomic E-state index is 11.9. The van der Waals surface area contributed by atoms with Crippen LogP contribution in [0.3, 0.4) is 0 Å². The Bertz CT molecular complexity index is 563. The molecule has 5 heteroatoms. The van der Waals surface area contributed by atoms with Crippen LogP contribution < -0.4 is 10.1 Å². The molecule has 0 spiro atoms. The van der Waals surface area contributed by atoms with Gasteiger partial charge >= 0.3 is 0 Å². The van der Waals surface area contributed by atoms with Crippen molar-refractivity contribution in [2.75, 3.05) is 5.32 Å². The minimum Gasteiger partial charge on any atom is -0.481 e. The van der Waals surface area contributed by atoms with E-state index < -0.39 is 6.10 Å². The number of hydrogen-bond acceptors (Lipinski definition) is 4. The van der Waals surface area contributed by atoms with Crippen LogP contribution in [0.1, 0.15) is 18.2 Å². The molecule has 0 saturated heterocycles. The van der Waals surface area contributed by atoms with Crippen molar-refractivity contribution in [2.24, 2.45) is 0 Å². The molecule has 2 rings (SSSR count). The Morgan fingerprint density at radius 1 is 1.32 bits per heavy atom. The van der Waals surface area contributed by atoms with Gasteiger partial charge in [-0.2, -0.15) is 0 Å². The third kappa shape index (κ3) is 3.79. The van der Waals surface area contributed by atoms with Gasteiger partial charge in [0.25, 0.3) is 5.91 Å². The third-order valence-corrected chi connectivity index (χ3v) is 3.43. The van der Waals surface area contributed by atoms with E-state index >= 15 is 0 Å². The Morgan fingerprint density at radius 2 is 2.00 bits per heavy atom. The molecule has 1 N–H and O–H groups in total. The van der Waals surface area contributed by atoms with E-state index in [0.29, 0.717) is 10.9 Å². The maximum Gasteiger partial charge on any atom is 0.266 e. The molecule has 1 amide bonds. The first-order valence-corrected chi connectivity index (χ1v) is 6.89. The summed E-state index contributed by atoms with van der Waals surface area (Å²) in [6, 6.07) is 7.60. The lowest BCUT2D eigenvalue weighted by molar-refractivity contribution is -0.122. The van der Waals surface area contributed by atoms with Crippen LogP contribution in [0, 0.1) is 13.8 Å². The molecule has 0 aliphatic rings. The van der Waals surface area contributed by atoms with E-state index in [4.69, 9.17) is 4.74 Å². The lowest BCUT2D eigenvalue weighted by Gasteiger charge is -2.13. The van der Waals surface area contributed by atoms with Gasteiger partial charge in [0.15, 0.2) is 11.2 Å². The molecule has 1 atom stereocenters. The quantitative estimate of drug-likeness (QED) is 0.933. The van der Waals surface area contributed by atoms with Crippen LogP contribution in [0.25, 0.3) is 0 Å². The van der Waals surface area contributed by atoms with Crippen LogP contribution in [0.2, 0.25) is 0 Å². The molecule has 100 valence electrons. The number of hydrogen-bond donors (Lipinski definition) is 1. The summed E-state index contributed by atoms with van der Waals surface area (Å²) in [5.41, 5.74) is 2.05. The molecule has 0 saturated carbocycles. The first kappa shape index (κ1) is 13.5. The molecule has 4 nitrogen and oxygen atoms in total. The number of aryl methyl sites for hydroxylation is 2. The summed E-state index contributed by atoms with van der Waals surface area (Å²) < 4.78 is 5.57. The van der Waals surface area contributed by atoms with Gasteiger partial charge in [0.05, 0.1) is 5.69 Å². The molecule has 0 unspecified atom stereocenters. The van der Waals surface area contributed by atoms with Crippen molar-refractivity contribution in [3.05, 3.63) is 40.9 Å². The van der Waals surface area contributed by atoms with E-state index in [1.165, 1.54) is 11.3 Å². The lowest BCUT2D eigenvalue weighted by atomic mass is 10.2. The number of rotatable bonds is 4. The Labute approximate surface area is 116 Å². The summed E-state index contributed by atoms with van der Waals surface area (Å²) in [6.45, 7) is 5.61. The molecule has 0 radical (unpaired) electrons. The van der Waals surface area contributed by atoms with Crippen LogP contribution in [0.15, 0.2) is 29.6 Å². The molecule has 0 fully saturated rings. The van der Waals surface area contributed by atoms with E-state index in [-0.39, 0.29) is 5.91 Å². The van der Waals surface area contributed by atoms with Crippen molar-refractivity contribution < 1.29 is 9.53 Å². The van der Waals surface area contributed by atoms with Crippen LogP contribution in [0.5, 0.6) is 5.75 Å². The van der Waals surface area contributed by atoms with Crippen LogP contribution in [-0.2, 0) is 4.79 Å². The Balaban J connectivity index is 1.94. The number of anilines is 1. The fourth-order valence-electron chi connectivity index (χ4n) is 1.49. The van der Waals surface area contributed by atoms with Crippen molar-refractivity contribution in [1.82, 2.24) is 4.98 Å². The number of benzene rings is 1. The molecular weight excluding hydrogens is 260 g/mol. The van der Waals surface area contributed by atoms with Crippen molar-refractivity contribution in [2.45, 2.75) is 26.9 Å². The predicted molar refractivity (Wildman–Crippen MR) is 76.7 cm³/mol. The average molecular weight is 276 g/mol. The zero-order valence-corrected chi connectivity index (χ0v) is 12.0. The highest BCUT2D eigenvalue weighted by Crippen LogP contribution is 2.16. The molecule has 1 aromatic heterocycles. The largest absolute Gasteiger partial charge is 0.481 e. The number of carbonyl (C=O) groups excluding carboxylic acids is 1. The fraction of sp³-hybridized carbons (Fsp3) is 0.286. The van der Waals surface area contributed by atoms with Crippen molar-refractivity contribution >= 4 is 22.4 Å². The number of thiazole rings is 1. The Kier molecular flexibility index (Phi) is 4.16. The number of carbonyl (C=O) groups is 1. The second-order valence-corrected chi connectivity index (χ2v) is 5.21. The summed E-state index contributed by atoms with van der Waals surface area (Å²) in [5, 5.41) is 5.23. The smallest absolute Gasteiger partial charge is 0.266 e. The summed E-state index contributed by atoms with van der Waals surface area (Å²) in [6.07, 6.45) is -0.563. The SMILES string of the molecule is Cc1ccc(O[C@@H](C)C(=O)Nc2nc(C)cs2)cc1. The van der Waals surface area contributed by atoms with Gasteiger partial charge in [0.2, 0.25) is 0 Å². The minimum atomic E-state index is -0.563. The van der Waals surface area contributed by atoms with Crippen LogP contribution >= 0.6 is 11.3 Å². The first-order valence-electron chi connectivity index (χ1n) is 6.01. The van der Waals surface area contributed by atoms with Crippen molar-refractivity contribution in [3.63, 3.8) is 0 Å². The zero-order chi connectivity index (χ0) is 13.8. The highest BCUT2D eigenvalue weighted by Gasteiger charge is 2.15. The van der Waals surface area contributed by atoms with E-state index in [1.807, 2.05) is 43.5 Å². The first-order chi connectivity index (χ1) is 9.04. The van der Waals surface area contributed by atoms with E-state index in [1.54, 1.807) is 6.92 Å². The average Bonchev–Trinajstić information content (AvgIpc) is 2.77. The van der Waals surface area contributed by atoms with Crippen molar-refractivity contribution in [3.8, 4) is 5.75 Å². The van der Waals surface area contributed by atoms with Gasteiger partial charge in [0.1, 0.15) is 5.75 Å². The number of ether oxygens (including phenoxy) is 1. The topological polar surface area (TPSA) is 51.2 Å². The van der Waals surface area contributed by atoms with Gasteiger partial charge in [-0.3, -0.25) is 10.1 Å². The van der Waals surface area contributed by atoms with Gasteiger partial charge in [-0.25, -0.2) is 4.98 Å². The molecule has 1 aromatic carbocycles. The van der Waals surface area contributed by atoms with Crippen LogP contribution in [0.4, 0.5) is 5.13 Å². The normalized spacial score (nSPS) is 11.9. The summed E-state index contributed by atoms with van der Waals surface area (Å²) in [7, 11) is 0. The Morgan fingerprint density at radius 3 is 2.58 bits per heavy atom.